The molecule has 0 heterocycles. The number of alkyl halides is 18. The third-order valence-corrected chi connectivity index (χ3v) is 12.8. The standard InChI is InChI=1S/C40H64F18O5/c1-25(2)62-21-16-31(12,23-60-19-17-33(41,42)35(45,46)37(49,50)39(53,54)55)28(6,7)15-14-27(4,5)29(8,9)22-26(3)63-32(13,30(10,11)59)24-61-20-18-34(43,44)36(47,48)38(51,52)40(56,57)58/h25-26,59H,14-24H2,1-13H3. The zero-order chi connectivity index (χ0) is 50.8. The molecule has 0 fully saturated rings. The van der Waals surface area contributed by atoms with Gasteiger partial charge >= 0.3 is 47.9 Å². The number of rotatable bonds is 28. The van der Waals surface area contributed by atoms with Gasteiger partial charge < -0.3 is 24.1 Å². The van der Waals surface area contributed by atoms with Gasteiger partial charge in [0, 0.05) is 19.4 Å². The zero-order valence-corrected chi connectivity index (χ0v) is 37.8. The number of hydrogen-bond acceptors (Lipinski definition) is 5. The van der Waals surface area contributed by atoms with Crippen molar-refractivity contribution in [3.63, 3.8) is 0 Å². The van der Waals surface area contributed by atoms with Gasteiger partial charge in [0.15, 0.2) is 0 Å². The number of hydrogen-bond donors (Lipinski definition) is 1. The van der Waals surface area contributed by atoms with E-state index in [1.54, 1.807) is 41.5 Å². The van der Waals surface area contributed by atoms with Gasteiger partial charge in [0.2, 0.25) is 0 Å². The van der Waals surface area contributed by atoms with Crippen molar-refractivity contribution in [3.05, 3.63) is 0 Å². The van der Waals surface area contributed by atoms with E-state index in [1.807, 2.05) is 27.7 Å². The summed E-state index contributed by atoms with van der Waals surface area (Å²) in [5.41, 5.74) is -6.74. The molecule has 0 bridgehead atoms. The Labute approximate surface area is 357 Å². The highest BCUT2D eigenvalue weighted by Crippen LogP contribution is 2.56. The maximum Gasteiger partial charge on any atom is 0.460 e. The molecule has 3 atom stereocenters. The molecule has 0 rings (SSSR count). The summed E-state index contributed by atoms with van der Waals surface area (Å²) in [6, 6.07) is 0. The summed E-state index contributed by atoms with van der Waals surface area (Å²) in [5.74, 6) is -39.4. The van der Waals surface area contributed by atoms with Crippen molar-refractivity contribution in [2.75, 3.05) is 33.0 Å². The first-order valence-electron chi connectivity index (χ1n) is 20.0. The summed E-state index contributed by atoms with van der Waals surface area (Å²) in [6.45, 7) is 17.6. The molecule has 0 aliphatic heterocycles. The molecule has 0 saturated heterocycles. The summed E-state index contributed by atoms with van der Waals surface area (Å²) in [5, 5.41) is 10.9. The first-order valence-corrected chi connectivity index (χ1v) is 20.0. The van der Waals surface area contributed by atoms with Crippen LogP contribution >= 0.6 is 0 Å². The second-order valence-electron chi connectivity index (χ2n) is 19.6. The molecule has 0 radical (unpaired) electrons. The summed E-state index contributed by atoms with van der Waals surface area (Å²) >= 11 is 0. The van der Waals surface area contributed by atoms with Crippen molar-refractivity contribution in [2.45, 2.75) is 200 Å². The molecule has 380 valence electrons. The first-order chi connectivity index (χ1) is 27.4. The molecular weight excluding hydrogens is 902 g/mol. The minimum absolute atomic E-state index is 0.101. The van der Waals surface area contributed by atoms with Crippen LogP contribution in [0, 0.1) is 21.7 Å². The van der Waals surface area contributed by atoms with Crippen LogP contribution in [0.15, 0.2) is 0 Å². The third kappa shape index (κ3) is 14.0. The largest absolute Gasteiger partial charge is 0.460 e. The molecule has 0 aromatic rings. The van der Waals surface area contributed by atoms with E-state index < -0.39 is 126 Å². The van der Waals surface area contributed by atoms with Crippen LogP contribution in [0.1, 0.15) is 129 Å². The van der Waals surface area contributed by atoms with E-state index >= 15 is 0 Å². The quantitative estimate of drug-likeness (QED) is 0.0625. The Balaban J connectivity index is 6.04. The number of halogens is 18. The smallest absolute Gasteiger partial charge is 0.387 e. The van der Waals surface area contributed by atoms with Crippen LogP contribution in [-0.2, 0) is 18.9 Å². The minimum Gasteiger partial charge on any atom is -0.387 e. The van der Waals surface area contributed by atoms with Gasteiger partial charge in [0.1, 0.15) is 5.60 Å². The summed E-state index contributed by atoms with van der Waals surface area (Å²) in [6.07, 6.45) is -18.2. The Morgan fingerprint density at radius 1 is 0.429 bits per heavy atom. The van der Waals surface area contributed by atoms with E-state index in [4.69, 9.17) is 18.9 Å². The summed E-state index contributed by atoms with van der Waals surface area (Å²) < 4.78 is 262. The molecule has 0 aromatic carbocycles. The van der Waals surface area contributed by atoms with Crippen LogP contribution in [0.2, 0.25) is 0 Å². The van der Waals surface area contributed by atoms with Crippen LogP contribution in [0.5, 0.6) is 0 Å². The molecule has 0 aliphatic rings. The lowest BCUT2D eigenvalue weighted by Crippen LogP contribution is -2.61. The SMILES string of the molecule is CC(C)OCCC(C)(COCCC(F)(F)C(F)(F)C(F)(F)C(F)(F)F)C(C)(C)CCC(C)(C)C(C)(C)CC(C)OC(C)(COCCC(F)(F)C(F)(F)C(F)(F)C(F)(F)F)C(C)(C)O. The van der Waals surface area contributed by atoms with E-state index in [0.717, 1.165) is 0 Å². The van der Waals surface area contributed by atoms with Gasteiger partial charge in [-0.15, -0.1) is 0 Å². The van der Waals surface area contributed by atoms with E-state index in [-0.39, 0.29) is 25.6 Å². The van der Waals surface area contributed by atoms with Gasteiger partial charge in [-0.1, -0.05) is 48.5 Å². The summed E-state index contributed by atoms with van der Waals surface area (Å²) in [4.78, 5) is 0. The zero-order valence-electron chi connectivity index (χ0n) is 37.8. The van der Waals surface area contributed by atoms with Crippen molar-refractivity contribution in [1.29, 1.82) is 0 Å². The highest BCUT2D eigenvalue weighted by Gasteiger charge is 2.82. The topological polar surface area (TPSA) is 57.2 Å². The Morgan fingerprint density at radius 2 is 0.794 bits per heavy atom. The lowest BCUT2D eigenvalue weighted by atomic mass is 9.58. The Hall–Kier alpha value is -1.46. The molecule has 1 N–H and O–H groups in total. The Morgan fingerprint density at radius 3 is 1.14 bits per heavy atom. The van der Waals surface area contributed by atoms with Crippen molar-refractivity contribution in [3.8, 4) is 0 Å². The highest BCUT2D eigenvalue weighted by atomic mass is 19.4. The van der Waals surface area contributed by atoms with Crippen molar-refractivity contribution in [1.82, 2.24) is 0 Å². The predicted molar refractivity (Wildman–Crippen MR) is 197 cm³/mol. The van der Waals surface area contributed by atoms with Gasteiger partial charge in [-0.2, -0.15) is 79.0 Å². The number of aliphatic hydroxyl groups is 1. The van der Waals surface area contributed by atoms with Crippen molar-refractivity contribution in [2.24, 2.45) is 21.7 Å². The van der Waals surface area contributed by atoms with Gasteiger partial charge in [-0.3, -0.25) is 0 Å². The Kier molecular flexibility index (Phi) is 19.6. The lowest BCUT2D eigenvalue weighted by Gasteiger charge is -2.50. The fraction of sp³-hybridized carbons (Fsp3) is 1.00. The number of ether oxygens (including phenoxy) is 4. The molecule has 63 heavy (non-hydrogen) atoms. The monoisotopic (exact) mass is 966 g/mol. The van der Waals surface area contributed by atoms with E-state index in [9.17, 15) is 84.1 Å². The molecule has 23 heteroatoms. The maximum atomic E-state index is 14.2. The van der Waals surface area contributed by atoms with Gasteiger partial charge in [-0.25, -0.2) is 0 Å². The normalized spacial score (nSPS) is 17.9. The second kappa shape index (κ2) is 20.0. The average Bonchev–Trinajstić information content (AvgIpc) is 3.05. The third-order valence-electron chi connectivity index (χ3n) is 12.8. The minimum atomic E-state index is -7.07. The van der Waals surface area contributed by atoms with Gasteiger partial charge in [0.25, 0.3) is 0 Å². The van der Waals surface area contributed by atoms with E-state index in [2.05, 4.69) is 0 Å². The van der Waals surface area contributed by atoms with Crippen LogP contribution in [0.4, 0.5) is 79.0 Å². The van der Waals surface area contributed by atoms with Gasteiger partial charge in [-0.05, 0) is 88.9 Å². The van der Waals surface area contributed by atoms with Gasteiger partial charge in [0.05, 0.1) is 44.2 Å². The fourth-order valence-corrected chi connectivity index (χ4v) is 6.32. The van der Waals surface area contributed by atoms with Crippen molar-refractivity contribution >= 4 is 0 Å². The molecule has 0 spiro atoms. The van der Waals surface area contributed by atoms with Crippen LogP contribution < -0.4 is 0 Å². The first kappa shape index (κ1) is 61.5. The van der Waals surface area contributed by atoms with Crippen LogP contribution in [0.25, 0.3) is 0 Å². The van der Waals surface area contributed by atoms with Crippen LogP contribution in [-0.4, -0.2) is 109 Å². The predicted octanol–water partition coefficient (Wildman–Crippen LogP) is 13.7. The summed E-state index contributed by atoms with van der Waals surface area (Å²) in [7, 11) is 0. The Bertz CT molecular complexity index is 1420. The van der Waals surface area contributed by atoms with Crippen molar-refractivity contribution < 1.29 is 103 Å². The maximum absolute atomic E-state index is 14.2. The molecule has 0 amide bonds. The fourth-order valence-electron chi connectivity index (χ4n) is 6.32. The molecular formula is C40H64F18O5. The van der Waals surface area contributed by atoms with Crippen LogP contribution in [0.3, 0.4) is 0 Å². The lowest BCUT2D eigenvalue weighted by molar-refractivity contribution is -0.397. The van der Waals surface area contributed by atoms with E-state index in [0.29, 0.717) is 12.8 Å². The molecule has 3 unspecified atom stereocenters. The van der Waals surface area contributed by atoms with E-state index in [1.165, 1.54) is 20.8 Å². The highest BCUT2D eigenvalue weighted by molar-refractivity contribution is 5.02. The molecule has 0 saturated carbocycles. The second-order valence-corrected chi connectivity index (χ2v) is 19.6. The molecule has 0 aliphatic carbocycles. The molecule has 5 nitrogen and oxygen atoms in total. The molecule has 0 aromatic heterocycles. The average molecular weight is 967 g/mol.